The van der Waals surface area contributed by atoms with Gasteiger partial charge in [-0.1, -0.05) is 12.1 Å². The van der Waals surface area contributed by atoms with E-state index in [1.165, 1.54) is 0 Å². The van der Waals surface area contributed by atoms with Crippen LogP contribution in [0.25, 0.3) is 0 Å². The summed E-state index contributed by atoms with van der Waals surface area (Å²) in [4.78, 5) is 0. The maximum atomic E-state index is 9.12. The van der Waals surface area contributed by atoms with Crippen molar-refractivity contribution >= 4 is 0 Å². The van der Waals surface area contributed by atoms with E-state index in [1.54, 1.807) is 25.3 Å². The highest BCUT2D eigenvalue weighted by Crippen LogP contribution is 2.17. The maximum absolute atomic E-state index is 9.12. The fraction of sp³-hybridized carbons (Fsp3) is 0.429. The molecule has 1 N–H and O–H groups in total. The molecule has 0 amide bonds. The number of rotatable bonds is 6. The molecule has 0 unspecified atom stereocenters. The number of hydrogen-bond donors (Lipinski definition) is 1. The Hall–Kier alpha value is -1.48. The molecule has 1 aromatic rings. The Kier molecular flexibility index (Phi) is 10.1. The zero-order valence-corrected chi connectivity index (χ0v) is 10.7. The summed E-state index contributed by atoms with van der Waals surface area (Å²) in [5.74, 6) is 0.949. The van der Waals surface area contributed by atoms with Crippen molar-refractivity contribution in [3.05, 3.63) is 36.9 Å². The van der Waals surface area contributed by atoms with Gasteiger partial charge in [-0.3, -0.25) is 0 Å². The Bertz CT molecular complexity index is 295. The highest BCUT2D eigenvalue weighted by Gasteiger charge is 1.93. The minimum absolute atomic E-state index is 0.237. The number of hydrogen-bond acceptors (Lipinski definition) is 3. The number of allylic oxidation sites excluding steroid dienone is 1. The van der Waals surface area contributed by atoms with Crippen LogP contribution in [0.15, 0.2) is 36.9 Å². The van der Waals surface area contributed by atoms with Gasteiger partial charge in [0.1, 0.15) is 11.5 Å². The normalized spacial score (nSPS) is 9.06. The molecule has 96 valence electrons. The highest BCUT2D eigenvalue weighted by molar-refractivity contribution is 5.31. The number of aromatic hydroxyl groups is 1. The van der Waals surface area contributed by atoms with Crippen LogP contribution >= 0.6 is 0 Å². The number of phenolic OH excluding ortho intramolecular Hbond substituents is 1. The van der Waals surface area contributed by atoms with Crippen LogP contribution in [0.2, 0.25) is 0 Å². The van der Waals surface area contributed by atoms with Crippen molar-refractivity contribution in [2.24, 2.45) is 0 Å². The minimum atomic E-state index is 0.237. The Morgan fingerprint density at radius 1 is 1.41 bits per heavy atom. The summed E-state index contributed by atoms with van der Waals surface area (Å²) in [5.41, 5.74) is 0. The van der Waals surface area contributed by atoms with Gasteiger partial charge in [0.15, 0.2) is 0 Å². The molecule has 0 atom stereocenters. The maximum Gasteiger partial charge on any atom is 0.122 e. The zero-order chi connectivity index (χ0) is 12.9. The summed E-state index contributed by atoms with van der Waals surface area (Å²) < 4.78 is 9.92. The molecule has 0 aliphatic carbocycles. The van der Waals surface area contributed by atoms with E-state index in [1.807, 2.05) is 19.1 Å². The summed E-state index contributed by atoms with van der Waals surface area (Å²) in [5, 5.41) is 9.12. The van der Waals surface area contributed by atoms with Gasteiger partial charge in [0.25, 0.3) is 0 Å². The molecule has 0 saturated heterocycles. The van der Waals surface area contributed by atoms with E-state index in [4.69, 9.17) is 9.84 Å². The second-order valence-corrected chi connectivity index (χ2v) is 3.35. The van der Waals surface area contributed by atoms with Crippen molar-refractivity contribution in [1.29, 1.82) is 0 Å². The molecule has 0 fully saturated rings. The third-order valence-electron chi connectivity index (χ3n) is 1.93. The Morgan fingerprint density at radius 3 is 2.65 bits per heavy atom. The third-order valence-corrected chi connectivity index (χ3v) is 1.93. The van der Waals surface area contributed by atoms with Crippen molar-refractivity contribution in [3.63, 3.8) is 0 Å². The van der Waals surface area contributed by atoms with Crippen molar-refractivity contribution in [1.82, 2.24) is 0 Å². The largest absolute Gasteiger partial charge is 0.508 e. The Morgan fingerprint density at radius 2 is 2.12 bits per heavy atom. The van der Waals surface area contributed by atoms with Gasteiger partial charge >= 0.3 is 0 Å². The molecule has 17 heavy (non-hydrogen) atoms. The number of methoxy groups -OCH3 is 1. The lowest BCUT2D eigenvalue weighted by Gasteiger charge is -2.04. The van der Waals surface area contributed by atoms with E-state index in [0.717, 1.165) is 19.4 Å². The summed E-state index contributed by atoms with van der Waals surface area (Å²) in [6.07, 6.45) is 3.78. The van der Waals surface area contributed by atoms with Gasteiger partial charge in [-0.25, -0.2) is 0 Å². The molecular formula is C14H22O3. The van der Waals surface area contributed by atoms with Crippen molar-refractivity contribution < 1.29 is 14.6 Å². The van der Waals surface area contributed by atoms with Crippen LogP contribution < -0.4 is 4.74 Å². The molecule has 0 aliphatic heterocycles. The molecule has 0 bridgehead atoms. The number of unbranched alkanes of at least 4 members (excludes halogenated alkanes) is 1. The van der Waals surface area contributed by atoms with E-state index < -0.39 is 0 Å². The lowest BCUT2D eigenvalue weighted by atomic mass is 10.3. The first-order chi connectivity index (χ1) is 8.24. The standard InChI is InChI=1S/C11H14O2.C3H8O/c1-2-3-4-8-13-11-7-5-6-10(12)9-11;1-3-4-2/h2,5-7,9,12H,1,3-4,8H2;3H2,1-2H3. The quantitative estimate of drug-likeness (QED) is 0.610. The van der Waals surface area contributed by atoms with E-state index in [9.17, 15) is 0 Å². The molecule has 0 saturated carbocycles. The van der Waals surface area contributed by atoms with E-state index in [-0.39, 0.29) is 5.75 Å². The number of ether oxygens (including phenoxy) is 2. The smallest absolute Gasteiger partial charge is 0.122 e. The van der Waals surface area contributed by atoms with Crippen molar-refractivity contribution in [3.8, 4) is 11.5 Å². The van der Waals surface area contributed by atoms with Crippen LogP contribution in [0, 0.1) is 0 Å². The van der Waals surface area contributed by atoms with Crippen LogP contribution in [0.4, 0.5) is 0 Å². The van der Waals surface area contributed by atoms with Gasteiger partial charge in [0, 0.05) is 19.8 Å². The van der Waals surface area contributed by atoms with Crippen LogP contribution in [0.1, 0.15) is 19.8 Å². The summed E-state index contributed by atoms with van der Waals surface area (Å²) >= 11 is 0. The molecule has 0 spiro atoms. The average molecular weight is 238 g/mol. The third kappa shape index (κ3) is 9.45. The monoisotopic (exact) mass is 238 g/mol. The molecule has 0 heterocycles. The lowest BCUT2D eigenvalue weighted by Crippen LogP contribution is -1.95. The Balaban J connectivity index is 0.000000557. The first kappa shape index (κ1) is 15.5. The van der Waals surface area contributed by atoms with E-state index in [0.29, 0.717) is 12.4 Å². The summed E-state index contributed by atoms with van der Waals surface area (Å²) in [6, 6.07) is 6.82. The Labute approximate surface area is 104 Å². The van der Waals surface area contributed by atoms with Crippen LogP contribution in [0.5, 0.6) is 11.5 Å². The molecular weight excluding hydrogens is 216 g/mol. The number of benzene rings is 1. The molecule has 0 aromatic heterocycles. The molecule has 0 radical (unpaired) electrons. The lowest BCUT2D eigenvalue weighted by molar-refractivity contribution is 0.215. The van der Waals surface area contributed by atoms with Crippen molar-refractivity contribution in [2.45, 2.75) is 19.8 Å². The van der Waals surface area contributed by atoms with Gasteiger partial charge < -0.3 is 14.6 Å². The topological polar surface area (TPSA) is 38.7 Å². The molecule has 3 nitrogen and oxygen atoms in total. The van der Waals surface area contributed by atoms with Crippen LogP contribution in [-0.4, -0.2) is 25.4 Å². The first-order valence-corrected chi connectivity index (χ1v) is 5.76. The molecule has 1 rings (SSSR count). The molecule has 0 aliphatic rings. The molecule has 1 aromatic carbocycles. The second-order valence-electron chi connectivity index (χ2n) is 3.35. The zero-order valence-electron chi connectivity index (χ0n) is 10.7. The second kappa shape index (κ2) is 11.0. The summed E-state index contributed by atoms with van der Waals surface area (Å²) in [7, 11) is 1.68. The van der Waals surface area contributed by atoms with Gasteiger partial charge in [0.05, 0.1) is 6.61 Å². The molecule has 3 heteroatoms. The van der Waals surface area contributed by atoms with Crippen LogP contribution in [0.3, 0.4) is 0 Å². The first-order valence-electron chi connectivity index (χ1n) is 5.76. The highest BCUT2D eigenvalue weighted by atomic mass is 16.5. The summed E-state index contributed by atoms with van der Waals surface area (Å²) in [6.45, 7) is 7.06. The fourth-order valence-corrected chi connectivity index (χ4v) is 0.991. The average Bonchev–Trinajstić information content (AvgIpc) is 2.35. The van der Waals surface area contributed by atoms with Crippen LogP contribution in [-0.2, 0) is 4.74 Å². The van der Waals surface area contributed by atoms with E-state index in [2.05, 4.69) is 11.3 Å². The van der Waals surface area contributed by atoms with Crippen molar-refractivity contribution in [2.75, 3.05) is 20.3 Å². The van der Waals surface area contributed by atoms with E-state index >= 15 is 0 Å². The predicted molar refractivity (Wildman–Crippen MR) is 70.6 cm³/mol. The fourth-order valence-electron chi connectivity index (χ4n) is 0.991. The predicted octanol–water partition coefficient (Wildman–Crippen LogP) is 3.39. The number of phenols is 1. The van der Waals surface area contributed by atoms with Gasteiger partial charge in [-0.2, -0.15) is 0 Å². The van der Waals surface area contributed by atoms with Gasteiger partial charge in [-0.05, 0) is 31.9 Å². The van der Waals surface area contributed by atoms with Gasteiger partial charge in [0.2, 0.25) is 0 Å². The SMILES string of the molecule is C=CCCCOc1cccc(O)c1.CCOC. The minimum Gasteiger partial charge on any atom is -0.508 e. The van der Waals surface area contributed by atoms with Gasteiger partial charge in [-0.15, -0.1) is 6.58 Å².